The SMILES string of the molecule is CCc1nc2c(C)cc(C)nc2n1Cc1ccc(-c2ccccc2S(=O)(=O)Nc2noc(C)c2C)c(CC#N)c1. The van der Waals surface area contributed by atoms with E-state index in [1.54, 1.807) is 38.1 Å². The number of imidazole rings is 1. The zero-order valence-electron chi connectivity index (χ0n) is 23.1. The van der Waals surface area contributed by atoms with Crippen LogP contribution in [0.3, 0.4) is 0 Å². The number of hydrogen-bond donors (Lipinski definition) is 1. The van der Waals surface area contributed by atoms with Crippen LogP contribution >= 0.6 is 0 Å². The molecule has 0 aliphatic carbocycles. The summed E-state index contributed by atoms with van der Waals surface area (Å²) in [6, 6.07) is 16.8. The van der Waals surface area contributed by atoms with Gasteiger partial charge in [-0.05, 0) is 62.1 Å². The van der Waals surface area contributed by atoms with Gasteiger partial charge < -0.3 is 9.09 Å². The molecule has 0 saturated carbocycles. The molecule has 1 N–H and O–H groups in total. The summed E-state index contributed by atoms with van der Waals surface area (Å²) in [6.45, 7) is 10.1. The van der Waals surface area contributed by atoms with Crippen LogP contribution in [0.25, 0.3) is 22.3 Å². The van der Waals surface area contributed by atoms with Crippen molar-refractivity contribution in [2.24, 2.45) is 0 Å². The van der Waals surface area contributed by atoms with Gasteiger partial charge >= 0.3 is 0 Å². The van der Waals surface area contributed by atoms with Crippen molar-refractivity contribution in [1.29, 1.82) is 5.26 Å². The summed E-state index contributed by atoms with van der Waals surface area (Å²) in [4.78, 5) is 9.69. The largest absolute Gasteiger partial charge is 0.359 e. The van der Waals surface area contributed by atoms with Gasteiger partial charge in [0.1, 0.15) is 17.1 Å². The molecule has 9 nitrogen and oxygen atoms in total. The summed E-state index contributed by atoms with van der Waals surface area (Å²) < 4.78 is 36.8. The Morgan fingerprint density at radius 3 is 2.50 bits per heavy atom. The highest BCUT2D eigenvalue weighted by atomic mass is 32.2. The Bertz CT molecular complexity index is 1900. The monoisotopic (exact) mass is 554 g/mol. The third kappa shape index (κ3) is 4.96. The second-order valence-electron chi connectivity index (χ2n) is 9.86. The summed E-state index contributed by atoms with van der Waals surface area (Å²) in [6.07, 6.45) is 0.870. The molecule has 0 unspecified atom stereocenters. The van der Waals surface area contributed by atoms with Crippen LogP contribution in [0.2, 0.25) is 0 Å². The molecule has 0 spiro atoms. The lowest BCUT2D eigenvalue weighted by Gasteiger charge is -2.16. The molecular formula is C30H30N6O3S. The highest BCUT2D eigenvalue weighted by Gasteiger charge is 2.24. The first kappa shape index (κ1) is 27.1. The molecule has 0 amide bonds. The van der Waals surface area contributed by atoms with Crippen molar-refractivity contribution in [1.82, 2.24) is 19.7 Å². The Hall–Kier alpha value is -4.49. The number of anilines is 1. The minimum atomic E-state index is -4.00. The smallest absolute Gasteiger partial charge is 0.263 e. The van der Waals surface area contributed by atoms with Crippen molar-refractivity contribution in [2.75, 3.05) is 4.72 Å². The molecule has 0 aliphatic heterocycles. The van der Waals surface area contributed by atoms with E-state index in [-0.39, 0.29) is 17.1 Å². The standard InChI is InChI=1S/C30H30N6O3S/c1-6-27-33-28-18(2)15-19(3)32-30(28)36(27)17-22-11-12-24(23(16-22)13-14-31)25-9-7-8-10-26(25)40(37,38)35-29-20(4)21(5)39-34-29/h7-12,15-16H,6,13,17H2,1-5H3,(H,34,35). The molecule has 0 bridgehead atoms. The van der Waals surface area contributed by atoms with Gasteiger partial charge in [0.05, 0.1) is 23.9 Å². The van der Waals surface area contributed by atoms with Crippen molar-refractivity contribution in [3.05, 3.63) is 88.1 Å². The Balaban J connectivity index is 1.57. The van der Waals surface area contributed by atoms with E-state index in [0.717, 1.165) is 45.8 Å². The number of hydrogen-bond acceptors (Lipinski definition) is 7. The molecular weight excluding hydrogens is 524 g/mol. The van der Waals surface area contributed by atoms with E-state index in [1.165, 1.54) is 0 Å². The number of nitrogens with one attached hydrogen (secondary N) is 1. The van der Waals surface area contributed by atoms with Gasteiger partial charge in [-0.25, -0.2) is 18.4 Å². The van der Waals surface area contributed by atoms with Gasteiger partial charge in [0.15, 0.2) is 11.5 Å². The first-order valence-corrected chi connectivity index (χ1v) is 14.5. The number of aromatic nitrogens is 4. The van der Waals surface area contributed by atoms with Crippen LogP contribution in [0.1, 0.15) is 46.5 Å². The molecule has 5 rings (SSSR count). The van der Waals surface area contributed by atoms with Crippen molar-refractivity contribution in [3.8, 4) is 17.2 Å². The van der Waals surface area contributed by atoms with Crippen LogP contribution in [0.5, 0.6) is 0 Å². The molecule has 5 aromatic rings. The van der Waals surface area contributed by atoms with E-state index in [4.69, 9.17) is 14.5 Å². The van der Waals surface area contributed by atoms with E-state index in [2.05, 4.69) is 27.4 Å². The van der Waals surface area contributed by atoms with Crippen molar-refractivity contribution in [2.45, 2.75) is 58.9 Å². The number of sulfonamides is 1. The van der Waals surface area contributed by atoms with Crippen LogP contribution in [0, 0.1) is 39.0 Å². The lowest BCUT2D eigenvalue weighted by molar-refractivity contribution is 0.399. The molecule has 0 radical (unpaired) electrons. The van der Waals surface area contributed by atoms with Gasteiger partial charge in [-0.2, -0.15) is 5.26 Å². The summed E-state index contributed by atoms with van der Waals surface area (Å²) in [5.74, 6) is 1.62. The zero-order valence-corrected chi connectivity index (χ0v) is 23.9. The second kappa shape index (κ2) is 10.6. The molecule has 0 saturated heterocycles. The maximum Gasteiger partial charge on any atom is 0.263 e. The van der Waals surface area contributed by atoms with E-state index in [9.17, 15) is 13.7 Å². The molecule has 40 heavy (non-hydrogen) atoms. The lowest BCUT2D eigenvalue weighted by atomic mass is 9.95. The average molecular weight is 555 g/mol. The third-order valence-corrected chi connectivity index (χ3v) is 8.45. The minimum Gasteiger partial charge on any atom is -0.359 e. The summed E-state index contributed by atoms with van der Waals surface area (Å²) >= 11 is 0. The number of nitriles is 1. The predicted octanol–water partition coefficient (Wildman–Crippen LogP) is 5.80. The van der Waals surface area contributed by atoms with Crippen LogP contribution in [-0.4, -0.2) is 28.1 Å². The molecule has 2 aromatic carbocycles. The number of fused-ring (bicyclic) bond motifs is 1. The number of nitrogens with zero attached hydrogens (tertiary/aromatic N) is 5. The summed E-state index contributed by atoms with van der Waals surface area (Å²) in [5, 5.41) is 13.5. The average Bonchev–Trinajstić information content (AvgIpc) is 3.43. The van der Waals surface area contributed by atoms with Crippen molar-refractivity contribution < 1.29 is 12.9 Å². The second-order valence-corrected chi connectivity index (χ2v) is 11.5. The van der Waals surface area contributed by atoms with Gasteiger partial charge in [0.25, 0.3) is 10.0 Å². The molecule has 0 fully saturated rings. The maximum absolute atomic E-state index is 13.5. The first-order valence-electron chi connectivity index (χ1n) is 13.0. The predicted molar refractivity (Wildman–Crippen MR) is 153 cm³/mol. The van der Waals surface area contributed by atoms with E-state index < -0.39 is 10.0 Å². The fourth-order valence-electron chi connectivity index (χ4n) is 4.93. The van der Waals surface area contributed by atoms with Crippen LogP contribution < -0.4 is 4.72 Å². The third-order valence-electron chi connectivity index (χ3n) is 7.05. The Labute approximate surface area is 233 Å². The van der Waals surface area contributed by atoms with Crippen molar-refractivity contribution in [3.63, 3.8) is 0 Å². The Morgan fingerprint density at radius 2 is 1.80 bits per heavy atom. The topological polar surface area (TPSA) is 127 Å². The number of aryl methyl sites for hydroxylation is 4. The van der Waals surface area contributed by atoms with Gasteiger partial charge in [0.2, 0.25) is 0 Å². The summed E-state index contributed by atoms with van der Waals surface area (Å²) in [7, 11) is -4.00. The number of pyridine rings is 1. The number of benzene rings is 2. The van der Waals surface area contributed by atoms with Crippen LogP contribution in [-0.2, 0) is 29.4 Å². The molecule has 0 atom stereocenters. The molecule has 0 aliphatic rings. The highest BCUT2D eigenvalue weighted by Crippen LogP contribution is 2.33. The van der Waals surface area contributed by atoms with Crippen LogP contribution in [0.4, 0.5) is 5.82 Å². The van der Waals surface area contributed by atoms with Crippen LogP contribution in [0.15, 0.2) is 57.9 Å². The molecule has 204 valence electrons. The minimum absolute atomic E-state index is 0.0889. The van der Waals surface area contributed by atoms with Gasteiger partial charge in [0, 0.05) is 23.2 Å². The first-order chi connectivity index (χ1) is 19.1. The summed E-state index contributed by atoms with van der Waals surface area (Å²) in [5.41, 5.74) is 7.23. The lowest BCUT2D eigenvalue weighted by Crippen LogP contribution is -2.15. The molecule has 3 aromatic heterocycles. The van der Waals surface area contributed by atoms with E-state index in [0.29, 0.717) is 29.0 Å². The molecule has 10 heteroatoms. The maximum atomic E-state index is 13.5. The fraction of sp³-hybridized carbons (Fsp3) is 0.267. The highest BCUT2D eigenvalue weighted by molar-refractivity contribution is 7.92. The van der Waals surface area contributed by atoms with Gasteiger partial charge in [-0.3, -0.25) is 4.72 Å². The number of rotatable bonds is 8. The fourth-order valence-corrected chi connectivity index (χ4v) is 6.21. The van der Waals surface area contributed by atoms with Gasteiger partial charge in [-0.1, -0.05) is 48.5 Å². The van der Waals surface area contributed by atoms with Crippen molar-refractivity contribution >= 4 is 27.0 Å². The Kier molecular flexibility index (Phi) is 7.17. The Morgan fingerprint density at radius 1 is 1.02 bits per heavy atom. The van der Waals surface area contributed by atoms with Gasteiger partial charge in [-0.15, -0.1) is 0 Å². The van der Waals surface area contributed by atoms with E-state index >= 15 is 0 Å². The quantitative estimate of drug-likeness (QED) is 0.257. The molecule has 3 heterocycles. The normalized spacial score (nSPS) is 11.6. The van der Waals surface area contributed by atoms with E-state index in [1.807, 2.05) is 38.1 Å². The zero-order chi connectivity index (χ0) is 28.6.